The Morgan fingerprint density at radius 3 is 2.63 bits per heavy atom. The summed E-state index contributed by atoms with van der Waals surface area (Å²) in [4.78, 5) is 20.6. The van der Waals surface area contributed by atoms with Crippen molar-refractivity contribution < 1.29 is 18.3 Å². The molecule has 0 aliphatic heterocycles. The molecule has 0 radical (unpaired) electrons. The molecule has 0 N–H and O–H groups in total. The Kier molecular flexibility index (Phi) is 3.30. The highest BCUT2D eigenvalue weighted by atomic mass is 19.2. The van der Waals surface area contributed by atoms with Gasteiger partial charge in [0.25, 0.3) is 0 Å². The number of hydrogen-bond acceptors (Lipinski definition) is 4. The number of aromatic nitrogens is 4. The maximum absolute atomic E-state index is 13.8. The third-order valence-electron chi connectivity index (χ3n) is 4.81. The van der Waals surface area contributed by atoms with Gasteiger partial charge >= 0.3 is 5.97 Å². The van der Waals surface area contributed by atoms with Gasteiger partial charge in [-0.1, -0.05) is 0 Å². The monoisotopic (exact) mass is 368 g/mol. The Labute approximate surface area is 152 Å². The zero-order valence-electron chi connectivity index (χ0n) is 14.3. The summed E-state index contributed by atoms with van der Waals surface area (Å²) in [7, 11) is 1.32. The van der Waals surface area contributed by atoms with Gasteiger partial charge in [0.05, 0.1) is 34.7 Å². The first-order valence-electron chi connectivity index (χ1n) is 8.49. The van der Waals surface area contributed by atoms with E-state index in [1.54, 1.807) is 29.1 Å². The van der Waals surface area contributed by atoms with Crippen molar-refractivity contribution >= 4 is 28.0 Å². The maximum Gasteiger partial charge on any atom is 0.337 e. The highest BCUT2D eigenvalue weighted by Crippen LogP contribution is 2.40. The number of rotatable bonds is 3. The molecule has 136 valence electrons. The molecular formula is C19H14F2N4O2. The molecule has 2 heterocycles. The summed E-state index contributed by atoms with van der Waals surface area (Å²) in [6.45, 7) is 0. The smallest absolute Gasteiger partial charge is 0.337 e. The second kappa shape index (κ2) is 5.60. The van der Waals surface area contributed by atoms with Gasteiger partial charge in [0, 0.05) is 18.2 Å². The van der Waals surface area contributed by atoms with Gasteiger partial charge < -0.3 is 9.30 Å². The number of benzene rings is 2. The minimum absolute atomic E-state index is 0.196. The minimum atomic E-state index is -0.923. The molecule has 0 bridgehead atoms. The topological polar surface area (TPSA) is 61.9 Å². The van der Waals surface area contributed by atoms with Gasteiger partial charge in [-0.3, -0.25) is 4.57 Å². The Balaban J connectivity index is 1.73. The Morgan fingerprint density at radius 1 is 1.11 bits per heavy atom. The first kappa shape index (κ1) is 15.9. The lowest BCUT2D eigenvalue weighted by atomic mass is 10.2. The molecule has 1 aliphatic rings. The van der Waals surface area contributed by atoms with E-state index >= 15 is 0 Å². The van der Waals surface area contributed by atoms with Gasteiger partial charge in [-0.25, -0.2) is 23.5 Å². The van der Waals surface area contributed by atoms with Crippen LogP contribution in [-0.4, -0.2) is 32.2 Å². The largest absolute Gasteiger partial charge is 0.465 e. The number of carbonyl (C=O) groups excluding carboxylic acids is 1. The molecule has 0 saturated heterocycles. The second-order valence-corrected chi connectivity index (χ2v) is 6.58. The fraction of sp³-hybridized carbons (Fsp3) is 0.211. The molecule has 5 rings (SSSR count). The lowest BCUT2D eigenvalue weighted by Crippen LogP contribution is -2.05. The lowest BCUT2D eigenvalue weighted by molar-refractivity contribution is 0.0601. The van der Waals surface area contributed by atoms with Gasteiger partial charge in [-0.15, -0.1) is 0 Å². The lowest BCUT2D eigenvalue weighted by Gasteiger charge is -2.09. The molecule has 2 aromatic heterocycles. The summed E-state index contributed by atoms with van der Waals surface area (Å²) in [6.07, 6.45) is 3.51. The Morgan fingerprint density at radius 2 is 1.89 bits per heavy atom. The SMILES string of the molecule is COC(=O)c1ccc2c(c1)ncn2-c1nc2cc(F)c(F)cc2n1C1CC1. The third-order valence-corrected chi connectivity index (χ3v) is 4.81. The maximum atomic E-state index is 13.8. The molecule has 0 spiro atoms. The van der Waals surface area contributed by atoms with Crippen molar-refractivity contribution in [2.45, 2.75) is 18.9 Å². The van der Waals surface area contributed by atoms with E-state index in [0.717, 1.165) is 24.4 Å². The van der Waals surface area contributed by atoms with Crippen LogP contribution in [0.15, 0.2) is 36.7 Å². The van der Waals surface area contributed by atoms with Crippen LogP contribution >= 0.6 is 0 Å². The molecule has 8 heteroatoms. The van der Waals surface area contributed by atoms with Crippen LogP contribution in [0.5, 0.6) is 0 Å². The van der Waals surface area contributed by atoms with Gasteiger partial charge in [0.2, 0.25) is 5.95 Å². The van der Waals surface area contributed by atoms with Gasteiger partial charge in [0.1, 0.15) is 6.33 Å². The van der Waals surface area contributed by atoms with Crippen molar-refractivity contribution in [3.8, 4) is 5.95 Å². The minimum Gasteiger partial charge on any atom is -0.465 e. The van der Waals surface area contributed by atoms with Crippen LogP contribution in [0.2, 0.25) is 0 Å². The van der Waals surface area contributed by atoms with Crippen molar-refractivity contribution in [1.29, 1.82) is 0 Å². The highest BCUT2D eigenvalue weighted by molar-refractivity contribution is 5.94. The summed E-state index contributed by atoms with van der Waals surface area (Å²) in [5, 5.41) is 0. The van der Waals surface area contributed by atoms with Crippen molar-refractivity contribution in [2.75, 3.05) is 7.11 Å². The van der Waals surface area contributed by atoms with Crippen LogP contribution in [0.3, 0.4) is 0 Å². The standard InChI is InChI=1S/C19H14F2N4O2/c1-27-18(26)10-2-5-16-14(6-10)22-9-24(16)19-23-15-7-12(20)13(21)8-17(15)25(19)11-3-4-11/h2,5-9,11H,3-4H2,1H3. The summed E-state index contributed by atoms with van der Waals surface area (Å²) in [5.74, 6) is -1.71. The molecule has 0 atom stereocenters. The van der Waals surface area contributed by atoms with Gasteiger partial charge in [0.15, 0.2) is 11.6 Å². The fourth-order valence-electron chi connectivity index (χ4n) is 3.36. The number of imidazole rings is 2. The number of hydrogen-bond donors (Lipinski definition) is 0. The quantitative estimate of drug-likeness (QED) is 0.517. The van der Waals surface area contributed by atoms with Crippen molar-refractivity contribution in [1.82, 2.24) is 19.1 Å². The zero-order valence-corrected chi connectivity index (χ0v) is 14.3. The summed E-state index contributed by atoms with van der Waals surface area (Å²) in [5.41, 5.74) is 2.68. The molecule has 4 aromatic rings. The fourth-order valence-corrected chi connectivity index (χ4v) is 3.36. The van der Waals surface area contributed by atoms with E-state index in [9.17, 15) is 13.6 Å². The van der Waals surface area contributed by atoms with Gasteiger partial charge in [-0.2, -0.15) is 0 Å². The van der Waals surface area contributed by atoms with E-state index in [4.69, 9.17) is 4.74 Å². The van der Waals surface area contributed by atoms with Gasteiger partial charge in [-0.05, 0) is 31.0 Å². The number of esters is 1. The molecule has 1 aliphatic carbocycles. The molecule has 0 amide bonds. The van der Waals surface area contributed by atoms with Crippen LogP contribution in [-0.2, 0) is 4.74 Å². The van der Waals surface area contributed by atoms with E-state index in [2.05, 4.69) is 9.97 Å². The zero-order chi connectivity index (χ0) is 18.7. The molecular weight excluding hydrogens is 354 g/mol. The Bertz CT molecular complexity index is 1220. The van der Waals surface area contributed by atoms with Crippen LogP contribution in [0, 0.1) is 11.6 Å². The first-order chi connectivity index (χ1) is 13.1. The predicted molar refractivity (Wildman–Crippen MR) is 93.9 cm³/mol. The van der Waals surface area contributed by atoms with Crippen LogP contribution in [0.25, 0.3) is 28.0 Å². The highest BCUT2D eigenvalue weighted by Gasteiger charge is 2.30. The normalized spacial score (nSPS) is 14.2. The average Bonchev–Trinajstić information content (AvgIpc) is 3.32. The summed E-state index contributed by atoms with van der Waals surface area (Å²) < 4.78 is 35.9. The van der Waals surface area contributed by atoms with Crippen LogP contribution < -0.4 is 0 Å². The average molecular weight is 368 g/mol. The van der Waals surface area contributed by atoms with Crippen molar-refractivity contribution in [3.63, 3.8) is 0 Å². The molecule has 0 unspecified atom stereocenters. The van der Waals surface area contributed by atoms with Crippen LogP contribution in [0.1, 0.15) is 29.2 Å². The van der Waals surface area contributed by atoms with E-state index < -0.39 is 17.6 Å². The molecule has 27 heavy (non-hydrogen) atoms. The molecule has 1 fully saturated rings. The van der Waals surface area contributed by atoms with E-state index in [0.29, 0.717) is 28.1 Å². The molecule has 6 nitrogen and oxygen atoms in total. The Hall–Kier alpha value is -3.29. The number of carbonyl (C=O) groups is 1. The predicted octanol–water partition coefficient (Wildman–Crippen LogP) is 3.77. The first-order valence-corrected chi connectivity index (χ1v) is 8.49. The number of fused-ring (bicyclic) bond motifs is 2. The third kappa shape index (κ3) is 2.40. The number of nitrogens with zero attached hydrogens (tertiary/aromatic N) is 4. The van der Waals surface area contributed by atoms with E-state index in [1.165, 1.54) is 13.2 Å². The molecule has 2 aromatic carbocycles. The number of ether oxygens (including phenoxy) is 1. The summed E-state index contributed by atoms with van der Waals surface area (Å²) >= 11 is 0. The summed E-state index contributed by atoms with van der Waals surface area (Å²) in [6, 6.07) is 7.54. The number of methoxy groups -OCH3 is 1. The van der Waals surface area contributed by atoms with E-state index in [1.807, 2.05) is 4.57 Å². The van der Waals surface area contributed by atoms with Crippen LogP contribution in [0.4, 0.5) is 8.78 Å². The van der Waals surface area contributed by atoms with Crippen molar-refractivity contribution in [3.05, 3.63) is 53.9 Å². The second-order valence-electron chi connectivity index (χ2n) is 6.58. The molecule has 1 saturated carbocycles. The number of halogens is 2. The van der Waals surface area contributed by atoms with E-state index in [-0.39, 0.29) is 6.04 Å². The van der Waals surface area contributed by atoms with Crippen molar-refractivity contribution in [2.24, 2.45) is 0 Å².